The highest BCUT2D eigenvalue weighted by Crippen LogP contribution is 2.30. The van der Waals surface area contributed by atoms with Crippen molar-refractivity contribution in [1.29, 1.82) is 0 Å². The molecule has 1 unspecified atom stereocenters. The average molecular weight is 264 g/mol. The zero-order valence-corrected chi connectivity index (χ0v) is 11.2. The fourth-order valence-electron chi connectivity index (χ4n) is 2.48. The Hall–Kier alpha value is -1.55. The standard InChI is InChI=1S/C15H20O4/c1-18-14-6-5-11(13-7-8-19-10-13)9-12(14)3-2-4-15(16)17/h5-6,9,13H,2-4,7-8,10H2,1H3,(H,16,17). The van der Waals surface area contributed by atoms with E-state index in [9.17, 15) is 4.79 Å². The lowest BCUT2D eigenvalue weighted by molar-refractivity contribution is -0.137. The number of aliphatic carboxylic acids is 1. The van der Waals surface area contributed by atoms with Crippen LogP contribution in [-0.2, 0) is 16.0 Å². The van der Waals surface area contributed by atoms with Crippen LogP contribution >= 0.6 is 0 Å². The second kappa shape index (κ2) is 6.57. The fraction of sp³-hybridized carbons (Fsp3) is 0.533. The lowest BCUT2D eigenvalue weighted by atomic mass is 9.95. The Bertz CT molecular complexity index is 436. The summed E-state index contributed by atoms with van der Waals surface area (Å²) in [6, 6.07) is 6.20. The first-order chi connectivity index (χ1) is 9.20. The Kier molecular flexibility index (Phi) is 4.80. The monoisotopic (exact) mass is 264 g/mol. The van der Waals surface area contributed by atoms with Crippen molar-refractivity contribution in [2.45, 2.75) is 31.6 Å². The predicted molar refractivity (Wildman–Crippen MR) is 71.7 cm³/mol. The number of carboxylic acids is 1. The molecule has 0 aliphatic carbocycles. The topological polar surface area (TPSA) is 55.8 Å². The molecule has 0 spiro atoms. The number of hydrogen-bond donors (Lipinski definition) is 1. The molecule has 4 nitrogen and oxygen atoms in total. The van der Waals surface area contributed by atoms with E-state index >= 15 is 0 Å². The molecule has 1 aliphatic rings. The molecule has 1 heterocycles. The summed E-state index contributed by atoms with van der Waals surface area (Å²) in [4.78, 5) is 10.6. The minimum atomic E-state index is -0.751. The van der Waals surface area contributed by atoms with Crippen LogP contribution in [-0.4, -0.2) is 31.4 Å². The van der Waals surface area contributed by atoms with E-state index in [4.69, 9.17) is 14.6 Å². The van der Waals surface area contributed by atoms with Gasteiger partial charge in [-0.05, 0) is 36.5 Å². The molecular weight excluding hydrogens is 244 g/mol. The van der Waals surface area contributed by atoms with Gasteiger partial charge in [-0.1, -0.05) is 12.1 Å². The third-order valence-electron chi connectivity index (χ3n) is 3.54. The van der Waals surface area contributed by atoms with E-state index < -0.39 is 5.97 Å². The number of carboxylic acid groups (broad SMARTS) is 1. The summed E-state index contributed by atoms with van der Waals surface area (Å²) in [5.41, 5.74) is 2.36. The Morgan fingerprint density at radius 2 is 2.37 bits per heavy atom. The zero-order valence-electron chi connectivity index (χ0n) is 11.2. The number of rotatable bonds is 6. The Morgan fingerprint density at radius 3 is 3.00 bits per heavy atom. The lowest BCUT2D eigenvalue weighted by Gasteiger charge is -2.13. The molecule has 1 aliphatic heterocycles. The smallest absolute Gasteiger partial charge is 0.303 e. The van der Waals surface area contributed by atoms with Gasteiger partial charge in [0.05, 0.1) is 13.7 Å². The molecule has 0 radical (unpaired) electrons. The van der Waals surface area contributed by atoms with E-state index in [1.807, 2.05) is 6.07 Å². The zero-order chi connectivity index (χ0) is 13.7. The fourth-order valence-corrected chi connectivity index (χ4v) is 2.48. The molecule has 0 bridgehead atoms. The van der Waals surface area contributed by atoms with Crippen LogP contribution in [0.4, 0.5) is 0 Å². The van der Waals surface area contributed by atoms with Crippen molar-refractivity contribution < 1.29 is 19.4 Å². The molecule has 1 saturated heterocycles. The van der Waals surface area contributed by atoms with Crippen LogP contribution in [0, 0.1) is 0 Å². The first-order valence-corrected chi connectivity index (χ1v) is 6.67. The van der Waals surface area contributed by atoms with Crippen LogP contribution in [0.1, 0.15) is 36.3 Å². The Morgan fingerprint density at radius 1 is 1.53 bits per heavy atom. The van der Waals surface area contributed by atoms with Crippen molar-refractivity contribution in [2.75, 3.05) is 20.3 Å². The molecule has 4 heteroatoms. The Balaban J connectivity index is 2.09. The Labute approximate surface area is 113 Å². The van der Waals surface area contributed by atoms with E-state index in [1.54, 1.807) is 7.11 Å². The molecule has 1 aromatic carbocycles. The summed E-state index contributed by atoms with van der Waals surface area (Å²) in [6.45, 7) is 1.60. The maximum absolute atomic E-state index is 10.6. The molecule has 1 atom stereocenters. The molecule has 2 rings (SSSR count). The van der Waals surface area contributed by atoms with Crippen LogP contribution in [0.15, 0.2) is 18.2 Å². The highest BCUT2D eigenvalue weighted by atomic mass is 16.5. The van der Waals surface area contributed by atoms with Crippen LogP contribution in [0.5, 0.6) is 5.75 Å². The number of methoxy groups -OCH3 is 1. The van der Waals surface area contributed by atoms with Gasteiger partial charge in [0.1, 0.15) is 5.75 Å². The van der Waals surface area contributed by atoms with E-state index in [1.165, 1.54) is 5.56 Å². The lowest BCUT2D eigenvalue weighted by Crippen LogP contribution is -2.02. The molecule has 0 aromatic heterocycles. The third-order valence-corrected chi connectivity index (χ3v) is 3.54. The van der Waals surface area contributed by atoms with Crippen molar-refractivity contribution in [2.24, 2.45) is 0 Å². The van der Waals surface area contributed by atoms with Crippen LogP contribution in [0.25, 0.3) is 0 Å². The number of aryl methyl sites for hydroxylation is 1. The quantitative estimate of drug-likeness (QED) is 0.858. The first-order valence-electron chi connectivity index (χ1n) is 6.67. The van der Waals surface area contributed by atoms with Gasteiger partial charge in [-0.25, -0.2) is 0 Å². The van der Waals surface area contributed by atoms with E-state index in [0.717, 1.165) is 37.4 Å². The van der Waals surface area contributed by atoms with E-state index in [2.05, 4.69) is 12.1 Å². The minimum Gasteiger partial charge on any atom is -0.496 e. The van der Waals surface area contributed by atoms with Crippen molar-refractivity contribution in [3.8, 4) is 5.75 Å². The number of carbonyl (C=O) groups is 1. The van der Waals surface area contributed by atoms with Gasteiger partial charge in [-0.3, -0.25) is 4.79 Å². The van der Waals surface area contributed by atoms with E-state index in [0.29, 0.717) is 12.3 Å². The summed E-state index contributed by atoms with van der Waals surface area (Å²) in [7, 11) is 1.65. The van der Waals surface area contributed by atoms with Gasteiger partial charge in [-0.15, -0.1) is 0 Å². The largest absolute Gasteiger partial charge is 0.496 e. The number of hydrogen-bond acceptors (Lipinski definition) is 3. The summed E-state index contributed by atoms with van der Waals surface area (Å²) in [5.74, 6) is 0.552. The van der Waals surface area contributed by atoms with Crippen molar-refractivity contribution >= 4 is 5.97 Å². The molecule has 0 amide bonds. The maximum atomic E-state index is 10.6. The molecule has 0 saturated carbocycles. The van der Waals surface area contributed by atoms with Crippen LogP contribution < -0.4 is 4.74 Å². The first kappa shape index (κ1) is 13.9. The second-order valence-corrected chi connectivity index (χ2v) is 4.88. The average Bonchev–Trinajstić information content (AvgIpc) is 2.92. The molecular formula is C15H20O4. The molecule has 1 fully saturated rings. The van der Waals surface area contributed by atoms with Crippen molar-refractivity contribution in [1.82, 2.24) is 0 Å². The molecule has 1 N–H and O–H groups in total. The van der Waals surface area contributed by atoms with Gasteiger partial charge in [0.25, 0.3) is 0 Å². The van der Waals surface area contributed by atoms with Crippen LogP contribution in [0.3, 0.4) is 0 Å². The van der Waals surface area contributed by atoms with Gasteiger partial charge in [-0.2, -0.15) is 0 Å². The normalized spacial score (nSPS) is 18.5. The second-order valence-electron chi connectivity index (χ2n) is 4.88. The summed E-state index contributed by atoms with van der Waals surface area (Å²) < 4.78 is 10.8. The SMILES string of the molecule is COc1ccc(C2CCOC2)cc1CCCC(=O)O. The predicted octanol–water partition coefficient (Wildman–Crippen LogP) is 2.61. The van der Waals surface area contributed by atoms with Gasteiger partial charge in [0.2, 0.25) is 0 Å². The van der Waals surface area contributed by atoms with Gasteiger partial charge in [0.15, 0.2) is 0 Å². The third kappa shape index (κ3) is 3.70. The summed E-state index contributed by atoms with van der Waals surface area (Å²) in [6.07, 6.45) is 2.62. The molecule has 1 aromatic rings. The summed E-state index contributed by atoms with van der Waals surface area (Å²) >= 11 is 0. The maximum Gasteiger partial charge on any atom is 0.303 e. The van der Waals surface area contributed by atoms with Crippen molar-refractivity contribution in [3.05, 3.63) is 29.3 Å². The molecule has 104 valence electrons. The number of ether oxygens (including phenoxy) is 2. The minimum absolute atomic E-state index is 0.194. The van der Waals surface area contributed by atoms with Crippen LogP contribution in [0.2, 0.25) is 0 Å². The van der Waals surface area contributed by atoms with Gasteiger partial charge in [0, 0.05) is 18.9 Å². The molecule has 19 heavy (non-hydrogen) atoms. The van der Waals surface area contributed by atoms with E-state index in [-0.39, 0.29) is 6.42 Å². The summed E-state index contributed by atoms with van der Waals surface area (Å²) in [5, 5.41) is 8.70. The van der Waals surface area contributed by atoms with Crippen molar-refractivity contribution in [3.63, 3.8) is 0 Å². The highest BCUT2D eigenvalue weighted by Gasteiger charge is 2.18. The van der Waals surface area contributed by atoms with Gasteiger partial charge < -0.3 is 14.6 Å². The van der Waals surface area contributed by atoms with Gasteiger partial charge >= 0.3 is 5.97 Å². The highest BCUT2D eigenvalue weighted by molar-refractivity contribution is 5.66. The number of benzene rings is 1.